The zero-order valence-electron chi connectivity index (χ0n) is 56.1. The summed E-state index contributed by atoms with van der Waals surface area (Å²) in [6.45, 7) is 13.7. The van der Waals surface area contributed by atoms with Crippen molar-refractivity contribution < 1.29 is 95.3 Å². The van der Waals surface area contributed by atoms with Crippen LogP contribution in [0.2, 0.25) is 0 Å². The first-order valence-electron chi connectivity index (χ1n) is 29.8. The maximum Gasteiger partial charge on any atom is 0.345 e. The van der Waals surface area contributed by atoms with Crippen LogP contribution in [0.4, 0.5) is 11.4 Å². The third-order valence-corrected chi connectivity index (χ3v) is 26.7. The van der Waals surface area contributed by atoms with Crippen molar-refractivity contribution in [3.05, 3.63) is 179 Å². The monoisotopic (exact) mass is 1500 g/mol. The number of aryl methyl sites for hydroxylation is 1. The Morgan fingerprint density at radius 3 is 0.970 bits per heavy atom. The molecule has 0 saturated carbocycles. The summed E-state index contributed by atoms with van der Waals surface area (Å²) in [4.78, 5) is 140. The van der Waals surface area contributed by atoms with Gasteiger partial charge >= 0.3 is 47.8 Å². The molecule has 6 aliphatic rings. The van der Waals surface area contributed by atoms with Crippen molar-refractivity contribution in [1.29, 1.82) is 0 Å². The Balaban J connectivity index is 0.000000210. The number of rotatable bonds is 14. The number of esters is 8. The minimum atomic E-state index is -1.68. The summed E-state index contributed by atoms with van der Waals surface area (Å²) < 4.78 is 49.3. The van der Waals surface area contributed by atoms with E-state index in [4.69, 9.17) is 47.4 Å². The van der Waals surface area contributed by atoms with E-state index in [1.54, 1.807) is 81.2 Å². The lowest BCUT2D eigenvalue weighted by Gasteiger charge is -2.50. The highest BCUT2D eigenvalue weighted by Crippen LogP contribution is 2.73. The average molecular weight is 1500 g/mol. The second kappa shape index (κ2) is 30.8. The highest BCUT2D eigenvalue weighted by molar-refractivity contribution is 8.27. The number of amides is 2. The number of methoxy groups -OCH3 is 8. The molecule has 0 bridgehead atoms. The molecule has 0 unspecified atom stereocenters. The van der Waals surface area contributed by atoms with Crippen LogP contribution in [0, 0.1) is 6.92 Å². The highest BCUT2D eigenvalue weighted by atomic mass is 32.2. The Hall–Kier alpha value is -8.10. The quantitative estimate of drug-likeness (QED) is 0.0738. The molecule has 99 heavy (non-hydrogen) atoms. The normalized spacial score (nSPS) is 17.1. The van der Waals surface area contributed by atoms with Crippen LogP contribution >= 0.6 is 93.2 Å². The summed E-state index contributed by atoms with van der Waals surface area (Å²) in [6, 6.07) is 27.8. The lowest BCUT2D eigenvalue weighted by molar-refractivity contribution is -0.138. The Morgan fingerprint density at radius 1 is 0.394 bits per heavy atom. The van der Waals surface area contributed by atoms with Gasteiger partial charge in [0.25, 0.3) is 11.8 Å². The third kappa shape index (κ3) is 13.6. The molecular formula is C69H66N2O20S8. The fourth-order valence-corrected chi connectivity index (χ4v) is 22.8. The van der Waals surface area contributed by atoms with E-state index in [0.717, 1.165) is 70.6 Å². The summed E-state index contributed by atoms with van der Waals surface area (Å²) in [5, 5.41) is 3.61. The molecule has 0 atom stereocenters. The van der Waals surface area contributed by atoms with Crippen molar-refractivity contribution >= 4 is 175 Å². The molecule has 0 radical (unpaired) electrons. The molecule has 0 fully saturated rings. The number of hydrogen-bond donors (Lipinski definition) is 0. The van der Waals surface area contributed by atoms with E-state index in [1.807, 2.05) is 59.7 Å². The molecule has 2 aromatic heterocycles. The number of anilines is 2. The zero-order valence-corrected chi connectivity index (χ0v) is 62.6. The molecule has 11 rings (SSSR count). The van der Waals surface area contributed by atoms with Crippen LogP contribution in [0.1, 0.15) is 77.6 Å². The van der Waals surface area contributed by atoms with Crippen LogP contribution in [0.3, 0.4) is 0 Å². The summed E-state index contributed by atoms with van der Waals surface area (Å²) in [7, 11) is 9.36. The van der Waals surface area contributed by atoms with Crippen molar-refractivity contribution in [2.75, 3.05) is 79.9 Å². The molecule has 3 aromatic carbocycles. The van der Waals surface area contributed by atoms with E-state index >= 15 is 0 Å². The summed E-state index contributed by atoms with van der Waals surface area (Å²) in [5.41, 5.74) is 1.62. The molecule has 2 spiro atoms. The standard InChI is InChI=1S/2C31H29NO10S4.C7H8/c2*1-8-42-15-11-12-17-16(14-15)19-24(30(2,3)32(17)25(33)18-10-9-13-43-18)44-21(27(35)39-5)20(26(34)38-4)31(19)45-22(28(36)40-6)23(46-31)29(37)41-7;1-7-5-3-2-4-6-7/h2*9-14H,8H2,1-7H3;2-6H,1H3. The van der Waals surface area contributed by atoms with Gasteiger partial charge in [0, 0.05) is 32.1 Å². The molecule has 0 N–H and O–H groups in total. The SMILES string of the molecule is CCOc1ccc2c(c1)C1=C(SC(C(=O)OC)=C(C(=O)OC)C13SC(C(=O)OC)=C(C(=O)OC)S3)C(C)(C)N2C(=O)c1cccs1.CCOc1ccc2c(c1)C1=C(SC(C(=O)OC)=C(C(=O)OC)C13SC(C(=O)OC)=C(C(=O)OC)S3)C(C)(C)N2C(=O)c1cccs1.Cc1ccccc1. The predicted molar refractivity (Wildman–Crippen MR) is 386 cm³/mol. The van der Waals surface area contributed by atoms with Gasteiger partial charge in [-0.1, -0.05) is 119 Å². The van der Waals surface area contributed by atoms with Crippen LogP contribution in [0.15, 0.2) is 152 Å². The smallest absolute Gasteiger partial charge is 0.345 e. The lowest BCUT2D eigenvalue weighted by atomic mass is 9.83. The van der Waals surface area contributed by atoms with Crippen LogP contribution in [-0.4, -0.2) is 149 Å². The maximum atomic E-state index is 14.2. The Morgan fingerprint density at radius 2 is 0.707 bits per heavy atom. The number of nitrogens with zero attached hydrogens (tertiary/aromatic N) is 2. The first-order valence-corrected chi connectivity index (χ1v) is 36.5. The van der Waals surface area contributed by atoms with Gasteiger partial charge < -0.3 is 47.4 Å². The highest BCUT2D eigenvalue weighted by Gasteiger charge is 2.64. The van der Waals surface area contributed by atoms with Crippen molar-refractivity contribution in [3.8, 4) is 11.5 Å². The van der Waals surface area contributed by atoms with E-state index in [0.29, 0.717) is 77.9 Å². The van der Waals surface area contributed by atoms with Gasteiger partial charge in [-0.3, -0.25) is 19.4 Å². The zero-order chi connectivity index (χ0) is 72.2. The molecule has 22 nitrogen and oxygen atoms in total. The molecular weight excluding hydrogens is 1430 g/mol. The van der Waals surface area contributed by atoms with Crippen molar-refractivity contribution in [3.63, 3.8) is 0 Å². The maximum absolute atomic E-state index is 14.2. The van der Waals surface area contributed by atoms with Gasteiger partial charge in [-0.05, 0) is 108 Å². The fourth-order valence-electron chi connectivity index (χ4n) is 11.4. The van der Waals surface area contributed by atoms with Gasteiger partial charge in [0.05, 0.1) is 113 Å². The average Bonchev–Trinajstić information content (AvgIpc) is 1.68. The lowest BCUT2D eigenvalue weighted by Crippen LogP contribution is -2.53. The molecule has 2 amide bonds. The van der Waals surface area contributed by atoms with Gasteiger partial charge in [-0.25, -0.2) is 38.4 Å². The predicted octanol–water partition coefficient (Wildman–Crippen LogP) is 12.8. The van der Waals surface area contributed by atoms with E-state index in [2.05, 4.69) is 19.1 Å². The second-order valence-corrected chi connectivity index (χ2v) is 31.5. The largest absolute Gasteiger partial charge is 0.494 e. The van der Waals surface area contributed by atoms with Gasteiger partial charge in [-0.15, -0.1) is 22.7 Å². The first-order chi connectivity index (χ1) is 47.2. The number of thioether (sulfide) groups is 6. The Kier molecular flexibility index (Phi) is 23.4. The van der Waals surface area contributed by atoms with Crippen LogP contribution in [0.5, 0.6) is 11.5 Å². The summed E-state index contributed by atoms with van der Waals surface area (Å²) in [5.74, 6) is -6.44. The number of thiophene rings is 2. The molecule has 8 heterocycles. The molecule has 6 aliphatic heterocycles. The topological polar surface area (TPSA) is 269 Å². The molecule has 5 aromatic rings. The number of fused-ring (bicyclic) bond motifs is 6. The van der Waals surface area contributed by atoms with Gasteiger partial charge in [0.2, 0.25) is 0 Å². The van der Waals surface area contributed by atoms with Gasteiger partial charge in [0.15, 0.2) is 0 Å². The molecule has 0 saturated heterocycles. The number of benzene rings is 3. The Labute approximate surface area is 603 Å². The van der Waals surface area contributed by atoms with E-state index in [9.17, 15) is 47.9 Å². The van der Waals surface area contributed by atoms with Gasteiger partial charge in [-0.2, -0.15) is 0 Å². The Bertz CT molecular complexity index is 4040. The summed E-state index contributed by atoms with van der Waals surface area (Å²) in [6.07, 6.45) is 0. The second-order valence-electron chi connectivity index (χ2n) is 22.1. The van der Waals surface area contributed by atoms with E-state index in [1.165, 1.54) is 85.1 Å². The van der Waals surface area contributed by atoms with E-state index in [-0.39, 0.29) is 52.4 Å². The van der Waals surface area contributed by atoms with Gasteiger partial charge in [0.1, 0.15) is 49.1 Å². The number of carbonyl (C=O) groups excluding carboxylic acids is 10. The number of carbonyl (C=O) groups is 10. The fraction of sp³-hybridized carbons (Fsp3) is 0.304. The number of hydrogen-bond acceptors (Lipinski definition) is 28. The third-order valence-electron chi connectivity index (χ3n) is 15.7. The summed E-state index contributed by atoms with van der Waals surface area (Å²) >= 11 is 7.99. The van der Waals surface area contributed by atoms with Crippen molar-refractivity contribution in [1.82, 2.24) is 0 Å². The molecule has 30 heteroatoms. The van der Waals surface area contributed by atoms with Crippen molar-refractivity contribution in [2.45, 2.75) is 67.7 Å². The minimum Gasteiger partial charge on any atom is -0.494 e. The van der Waals surface area contributed by atoms with Crippen LogP contribution in [-0.2, 0) is 76.3 Å². The minimum absolute atomic E-state index is 0.121. The van der Waals surface area contributed by atoms with E-state index < -0.39 is 67.0 Å². The number of ether oxygens (including phenoxy) is 10. The molecule has 520 valence electrons. The van der Waals surface area contributed by atoms with Crippen LogP contribution in [0.25, 0.3) is 11.1 Å². The van der Waals surface area contributed by atoms with Crippen LogP contribution < -0.4 is 19.3 Å². The van der Waals surface area contributed by atoms with Crippen molar-refractivity contribution in [2.24, 2.45) is 0 Å². The molecule has 0 aliphatic carbocycles. The first kappa shape index (κ1) is 75.1.